The monoisotopic (exact) mass is 349 g/mol. The van der Waals surface area contributed by atoms with Gasteiger partial charge in [0.15, 0.2) is 0 Å². The molecule has 2 aromatic carbocycles. The number of para-hydroxylation sites is 1. The molecular weight excluding hydrogens is 334 g/mol. The average Bonchev–Trinajstić information content (AvgIpc) is 2.48. The van der Waals surface area contributed by atoms with Gasteiger partial charge in [-0.15, -0.1) is 0 Å². The number of methoxy groups -OCH3 is 1. The molecule has 2 aromatic rings. The number of hydrogen-bond donors (Lipinski definition) is 2. The molecular formula is C16H16BrNO3. The Kier molecular flexibility index (Phi) is 5.36. The summed E-state index contributed by atoms with van der Waals surface area (Å²) >= 11 is 3.29. The summed E-state index contributed by atoms with van der Waals surface area (Å²) in [5.74, 6) is -0.399. The highest BCUT2D eigenvalue weighted by atomic mass is 79.9. The number of benzene rings is 2. The first-order chi connectivity index (χ1) is 10.1. The maximum Gasteiger partial charge on any atom is 0.259 e. The van der Waals surface area contributed by atoms with Crippen molar-refractivity contribution < 1.29 is 14.6 Å². The molecule has 0 radical (unpaired) electrons. The number of aromatic hydroxyl groups is 1. The molecule has 2 N–H and O–H groups in total. The maximum absolute atomic E-state index is 12.3. The van der Waals surface area contributed by atoms with Crippen molar-refractivity contribution in [3.05, 3.63) is 58.1 Å². The number of hydrogen-bond acceptors (Lipinski definition) is 3. The average molecular weight is 350 g/mol. The molecule has 2 rings (SSSR count). The molecule has 0 spiro atoms. The lowest BCUT2D eigenvalue weighted by Gasteiger charge is -2.11. The molecule has 1 amide bonds. The van der Waals surface area contributed by atoms with Crippen LogP contribution in [0.15, 0.2) is 46.9 Å². The first kappa shape index (κ1) is 15.5. The van der Waals surface area contributed by atoms with Gasteiger partial charge in [0, 0.05) is 17.3 Å². The fourth-order valence-electron chi connectivity index (χ4n) is 1.95. The number of nitrogens with one attached hydrogen (secondary N) is 1. The molecule has 110 valence electrons. The number of carbonyl (C=O) groups excluding carboxylic acids is 1. The highest BCUT2D eigenvalue weighted by Crippen LogP contribution is 2.24. The van der Waals surface area contributed by atoms with Crippen LogP contribution in [0.25, 0.3) is 0 Å². The van der Waals surface area contributed by atoms with Crippen LogP contribution in [0.3, 0.4) is 0 Å². The zero-order valence-electron chi connectivity index (χ0n) is 11.6. The van der Waals surface area contributed by atoms with Crippen LogP contribution in [0.2, 0.25) is 0 Å². The Bertz CT molecular complexity index is 643. The Morgan fingerprint density at radius 1 is 1.29 bits per heavy atom. The van der Waals surface area contributed by atoms with E-state index in [4.69, 9.17) is 4.74 Å². The molecule has 0 aliphatic carbocycles. The van der Waals surface area contributed by atoms with Gasteiger partial charge < -0.3 is 15.2 Å². The van der Waals surface area contributed by atoms with Gasteiger partial charge in [-0.25, -0.2) is 0 Å². The SMILES string of the molecule is COCCc1ccccc1NC(=O)c1cc(Br)ccc1O. The lowest BCUT2D eigenvalue weighted by atomic mass is 10.1. The highest BCUT2D eigenvalue weighted by Gasteiger charge is 2.13. The lowest BCUT2D eigenvalue weighted by molar-refractivity contribution is 0.102. The molecule has 0 heterocycles. The van der Waals surface area contributed by atoms with Gasteiger partial charge >= 0.3 is 0 Å². The molecule has 0 aromatic heterocycles. The van der Waals surface area contributed by atoms with Gasteiger partial charge in [-0.05, 0) is 36.2 Å². The van der Waals surface area contributed by atoms with Crippen LogP contribution in [-0.4, -0.2) is 24.7 Å². The van der Waals surface area contributed by atoms with E-state index in [1.165, 1.54) is 6.07 Å². The van der Waals surface area contributed by atoms with Gasteiger partial charge in [0.2, 0.25) is 0 Å². The minimum atomic E-state index is -0.348. The summed E-state index contributed by atoms with van der Waals surface area (Å²) in [5, 5.41) is 12.6. The Balaban J connectivity index is 2.21. The number of carbonyl (C=O) groups is 1. The lowest BCUT2D eigenvalue weighted by Crippen LogP contribution is -2.14. The Morgan fingerprint density at radius 2 is 2.05 bits per heavy atom. The second kappa shape index (κ2) is 7.24. The van der Waals surface area contributed by atoms with Crippen molar-refractivity contribution in [3.8, 4) is 5.75 Å². The normalized spacial score (nSPS) is 10.4. The van der Waals surface area contributed by atoms with E-state index in [1.54, 1.807) is 19.2 Å². The van der Waals surface area contributed by atoms with Crippen LogP contribution in [-0.2, 0) is 11.2 Å². The Hall–Kier alpha value is -1.85. The smallest absolute Gasteiger partial charge is 0.259 e. The summed E-state index contributed by atoms with van der Waals surface area (Å²) in [5.41, 5.74) is 1.94. The van der Waals surface area contributed by atoms with Crippen molar-refractivity contribution in [1.29, 1.82) is 0 Å². The molecule has 0 saturated carbocycles. The molecule has 0 atom stereocenters. The van der Waals surface area contributed by atoms with Crippen LogP contribution in [0, 0.1) is 0 Å². The molecule has 21 heavy (non-hydrogen) atoms. The first-order valence-electron chi connectivity index (χ1n) is 6.48. The van der Waals surface area contributed by atoms with Crippen molar-refractivity contribution in [2.24, 2.45) is 0 Å². The van der Waals surface area contributed by atoms with E-state index < -0.39 is 0 Å². The number of rotatable bonds is 5. The van der Waals surface area contributed by atoms with Crippen molar-refractivity contribution in [2.45, 2.75) is 6.42 Å². The Morgan fingerprint density at radius 3 is 2.81 bits per heavy atom. The molecule has 0 bridgehead atoms. The molecule has 0 saturated heterocycles. The highest BCUT2D eigenvalue weighted by molar-refractivity contribution is 9.10. The van der Waals surface area contributed by atoms with Gasteiger partial charge in [-0.3, -0.25) is 4.79 Å². The summed E-state index contributed by atoms with van der Waals surface area (Å²) in [6, 6.07) is 12.3. The van der Waals surface area contributed by atoms with E-state index in [1.807, 2.05) is 24.3 Å². The number of phenols is 1. The third-order valence-electron chi connectivity index (χ3n) is 3.04. The van der Waals surface area contributed by atoms with Gasteiger partial charge in [0.1, 0.15) is 5.75 Å². The fraction of sp³-hybridized carbons (Fsp3) is 0.188. The topological polar surface area (TPSA) is 58.6 Å². The largest absolute Gasteiger partial charge is 0.507 e. The van der Waals surface area contributed by atoms with Crippen molar-refractivity contribution in [1.82, 2.24) is 0 Å². The third-order valence-corrected chi connectivity index (χ3v) is 3.54. The van der Waals surface area contributed by atoms with Gasteiger partial charge in [0.25, 0.3) is 5.91 Å². The number of ether oxygens (including phenoxy) is 1. The summed E-state index contributed by atoms with van der Waals surface area (Å²) in [6.07, 6.45) is 0.706. The second-order valence-electron chi connectivity index (χ2n) is 4.52. The minimum Gasteiger partial charge on any atom is -0.507 e. The van der Waals surface area contributed by atoms with Crippen LogP contribution in [0.5, 0.6) is 5.75 Å². The zero-order chi connectivity index (χ0) is 15.2. The van der Waals surface area contributed by atoms with Gasteiger partial charge in [-0.1, -0.05) is 34.1 Å². The number of halogens is 1. The van der Waals surface area contributed by atoms with E-state index in [2.05, 4.69) is 21.2 Å². The first-order valence-corrected chi connectivity index (χ1v) is 7.28. The fourth-order valence-corrected chi connectivity index (χ4v) is 2.31. The van der Waals surface area contributed by atoms with E-state index >= 15 is 0 Å². The standard InChI is InChI=1S/C16H16BrNO3/c1-21-9-8-11-4-2-3-5-14(11)18-16(20)13-10-12(17)6-7-15(13)19/h2-7,10,19H,8-9H2,1H3,(H,18,20). The van der Waals surface area contributed by atoms with Crippen LogP contribution in [0.1, 0.15) is 15.9 Å². The van der Waals surface area contributed by atoms with E-state index in [0.29, 0.717) is 13.0 Å². The minimum absolute atomic E-state index is 0.0509. The molecule has 0 aliphatic heterocycles. The molecule has 0 fully saturated rings. The second-order valence-corrected chi connectivity index (χ2v) is 5.43. The third kappa shape index (κ3) is 4.06. The van der Waals surface area contributed by atoms with E-state index in [0.717, 1.165) is 15.7 Å². The maximum atomic E-state index is 12.3. The zero-order valence-corrected chi connectivity index (χ0v) is 13.2. The molecule has 5 heteroatoms. The van der Waals surface area contributed by atoms with Crippen molar-refractivity contribution in [3.63, 3.8) is 0 Å². The quantitative estimate of drug-likeness (QED) is 0.866. The summed E-state index contributed by atoms with van der Waals surface area (Å²) < 4.78 is 5.80. The predicted octanol–water partition coefficient (Wildman–Crippen LogP) is 3.60. The van der Waals surface area contributed by atoms with Gasteiger partial charge in [-0.2, -0.15) is 0 Å². The van der Waals surface area contributed by atoms with Crippen LogP contribution < -0.4 is 5.32 Å². The molecule has 0 aliphatic rings. The van der Waals surface area contributed by atoms with Crippen molar-refractivity contribution in [2.75, 3.05) is 19.0 Å². The van der Waals surface area contributed by atoms with Crippen LogP contribution in [0.4, 0.5) is 5.69 Å². The predicted molar refractivity (Wildman–Crippen MR) is 85.8 cm³/mol. The van der Waals surface area contributed by atoms with Crippen LogP contribution >= 0.6 is 15.9 Å². The number of phenolic OH excluding ortho intramolecular Hbond substituents is 1. The summed E-state index contributed by atoms with van der Waals surface area (Å²) in [4.78, 5) is 12.3. The van der Waals surface area contributed by atoms with Gasteiger partial charge in [0.05, 0.1) is 12.2 Å². The summed E-state index contributed by atoms with van der Waals surface area (Å²) in [7, 11) is 1.64. The number of anilines is 1. The molecule has 4 nitrogen and oxygen atoms in total. The Labute approximate surface area is 131 Å². The van der Waals surface area contributed by atoms with E-state index in [9.17, 15) is 9.90 Å². The van der Waals surface area contributed by atoms with E-state index in [-0.39, 0.29) is 17.2 Å². The number of amides is 1. The van der Waals surface area contributed by atoms with Crippen molar-refractivity contribution >= 4 is 27.5 Å². The molecule has 0 unspecified atom stereocenters. The summed E-state index contributed by atoms with van der Waals surface area (Å²) in [6.45, 7) is 0.578.